The third-order valence-corrected chi connectivity index (χ3v) is 15.4. The summed E-state index contributed by atoms with van der Waals surface area (Å²) in [4.78, 5) is 26.2. The monoisotopic (exact) mass is 995 g/mol. The highest BCUT2D eigenvalue weighted by Gasteiger charge is 2.39. The van der Waals surface area contributed by atoms with E-state index in [2.05, 4.69) is 104 Å². The number of carbonyl (C=O) groups excluding carboxylic acids is 2. The van der Waals surface area contributed by atoms with Crippen molar-refractivity contribution in [3.63, 3.8) is 0 Å². The number of esters is 2. The molecule has 2 aliphatic carbocycles. The zero-order valence-corrected chi connectivity index (χ0v) is 46.0. The summed E-state index contributed by atoms with van der Waals surface area (Å²) in [6.45, 7) is 18.4. The Morgan fingerprint density at radius 2 is 1.23 bits per heavy atom. The molecule has 9 nitrogen and oxygen atoms in total. The fraction of sp³-hybridized carbons (Fsp3) is 0.531. The highest BCUT2D eigenvalue weighted by Crippen LogP contribution is 2.41. The maximum atomic E-state index is 13.1. The molecule has 396 valence electrons. The summed E-state index contributed by atoms with van der Waals surface area (Å²) < 4.78 is 18.1. The summed E-state index contributed by atoms with van der Waals surface area (Å²) in [6, 6.07) is 30.7. The van der Waals surface area contributed by atoms with Crippen LogP contribution in [0.5, 0.6) is 5.75 Å². The lowest BCUT2D eigenvalue weighted by Crippen LogP contribution is -2.50. The van der Waals surface area contributed by atoms with Gasteiger partial charge in [0.05, 0.1) is 30.7 Å². The van der Waals surface area contributed by atoms with E-state index in [4.69, 9.17) is 37.1 Å². The van der Waals surface area contributed by atoms with Gasteiger partial charge < -0.3 is 37.1 Å². The third-order valence-electron chi connectivity index (χ3n) is 15.4. The van der Waals surface area contributed by atoms with Gasteiger partial charge in [-0.2, -0.15) is 0 Å². The first-order valence-corrected chi connectivity index (χ1v) is 27.5. The second kappa shape index (κ2) is 25.5. The largest absolute Gasteiger partial charge is 0.493 e. The van der Waals surface area contributed by atoms with Crippen LogP contribution in [0.3, 0.4) is 0 Å². The number of hydrogen-bond donors (Lipinski definition) is 4. The lowest BCUT2D eigenvalue weighted by atomic mass is 9.79. The van der Waals surface area contributed by atoms with Gasteiger partial charge in [0.2, 0.25) is 0 Å². The van der Waals surface area contributed by atoms with Crippen LogP contribution in [0.4, 0.5) is 0 Å². The molecule has 4 aromatic carbocycles. The Morgan fingerprint density at radius 1 is 0.616 bits per heavy atom. The van der Waals surface area contributed by atoms with E-state index >= 15 is 0 Å². The molecule has 0 saturated carbocycles. The van der Waals surface area contributed by atoms with Crippen LogP contribution in [-0.4, -0.2) is 54.9 Å². The standard InChI is InChI=1S/C64H90N4O5/c1-10-44-31-32-50(40-53(44)52-26-17-16-25-47-28-20-30-56(55(47)41-52)71-36-21-37-73-60(70)64(8,9)58(66)43-62(4,5)68)48-33-34-49(45-22-13-11-14-23-45)39-54-46(27-19-29-51(54)38-48)24-15-12-18-35-72-59(69)63(6,7)57(65)42-61(2,3)67/h11,13-14,19-20,22-23,27-32,39-41,48,57-58H,10,12,15-18,21,24-26,33-38,42-43,65-68H2,1-9H3/b49-39+,52-41+. The minimum absolute atomic E-state index is 0.254. The van der Waals surface area contributed by atoms with E-state index in [1.807, 2.05) is 55.4 Å². The Morgan fingerprint density at radius 3 is 1.89 bits per heavy atom. The van der Waals surface area contributed by atoms with E-state index in [9.17, 15) is 9.59 Å². The summed E-state index contributed by atoms with van der Waals surface area (Å²) in [6.07, 6.45) is 18.4. The summed E-state index contributed by atoms with van der Waals surface area (Å²) >= 11 is 0. The molecule has 3 atom stereocenters. The number of hydrogen-bond acceptors (Lipinski definition) is 9. The molecule has 3 unspecified atom stereocenters. The lowest BCUT2D eigenvalue weighted by Gasteiger charge is -2.33. The van der Waals surface area contributed by atoms with Gasteiger partial charge in [-0.1, -0.05) is 91.9 Å². The number of fused-ring (bicyclic) bond motifs is 2. The van der Waals surface area contributed by atoms with E-state index in [1.165, 1.54) is 55.7 Å². The van der Waals surface area contributed by atoms with Gasteiger partial charge in [0.15, 0.2) is 0 Å². The molecule has 6 rings (SSSR count). The average Bonchev–Trinajstić information content (AvgIpc) is 3.32. The molecule has 4 aromatic rings. The van der Waals surface area contributed by atoms with Crippen molar-refractivity contribution in [1.29, 1.82) is 0 Å². The first kappa shape index (κ1) is 57.2. The van der Waals surface area contributed by atoms with E-state index < -0.39 is 27.9 Å². The molecule has 0 bridgehead atoms. The van der Waals surface area contributed by atoms with Gasteiger partial charge in [-0.15, -0.1) is 0 Å². The molecule has 9 heteroatoms. The number of allylic oxidation sites excluding steroid dienone is 2. The van der Waals surface area contributed by atoms with E-state index in [1.54, 1.807) is 0 Å². The number of unbranched alkanes of at least 4 members (excludes halogenated alkanes) is 2. The lowest BCUT2D eigenvalue weighted by molar-refractivity contribution is -0.156. The van der Waals surface area contributed by atoms with Gasteiger partial charge in [-0.25, -0.2) is 0 Å². The van der Waals surface area contributed by atoms with Gasteiger partial charge in [-0.05, 0) is 219 Å². The van der Waals surface area contributed by atoms with Crippen molar-refractivity contribution >= 4 is 35.2 Å². The highest BCUT2D eigenvalue weighted by molar-refractivity contribution is 5.86. The summed E-state index contributed by atoms with van der Waals surface area (Å²) in [5.41, 5.74) is 37.4. The Hall–Kier alpha value is -5.06. The molecule has 0 radical (unpaired) electrons. The molecule has 0 spiro atoms. The van der Waals surface area contributed by atoms with E-state index in [0.717, 1.165) is 88.4 Å². The normalized spacial score (nSPS) is 18.0. The Labute approximate surface area is 439 Å². The average molecular weight is 995 g/mol. The smallest absolute Gasteiger partial charge is 0.313 e. The van der Waals surface area contributed by atoms with Crippen LogP contribution in [0.15, 0.2) is 84.9 Å². The van der Waals surface area contributed by atoms with E-state index in [-0.39, 0.29) is 24.6 Å². The van der Waals surface area contributed by atoms with Gasteiger partial charge in [0, 0.05) is 35.1 Å². The SMILES string of the molecule is CCc1ccc(C2CC/C(c3ccccc3)=C\c3c(CCCCCOC(=O)C(C)(C)C(N)CC(C)(C)N)cccc3C2)cc1/C1=C/c2c(cccc2OCCCOC(=O)C(C)(C)C(N)CC(C)(C)N)CCCC1. The summed E-state index contributed by atoms with van der Waals surface area (Å²) in [7, 11) is 0. The number of benzene rings is 4. The van der Waals surface area contributed by atoms with Crippen LogP contribution in [0.2, 0.25) is 0 Å². The number of aryl methyl sites for hydroxylation is 3. The van der Waals surface area contributed by atoms with Crippen molar-refractivity contribution < 1.29 is 23.8 Å². The predicted octanol–water partition coefficient (Wildman–Crippen LogP) is 12.7. The van der Waals surface area contributed by atoms with E-state index in [0.29, 0.717) is 38.4 Å². The van der Waals surface area contributed by atoms with Crippen molar-refractivity contribution in [2.45, 2.75) is 188 Å². The number of rotatable bonds is 23. The number of carbonyl (C=O) groups is 2. The number of ether oxygens (including phenoxy) is 3. The summed E-state index contributed by atoms with van der Waals surface area (Å²) in [5, 5.41) is 0. The number of nitrogens with two attached hydrogens (primary N) is 4. The Kier molecular flexibility index (Phi) is 20.0. The molecule has 73 heavy (non-hydrogen) atoms. The zero-order valence-electron chi connectivity index (χ0n) is 46.0. The molecule has 0 aromatic heterocycles. The second-order valence-electron chi connectivity index (χ2n) is 23.8. The second-order valence-corrected chi connectivity index (χ2v) is 23.8. The van der Waals surface area contributed by atoms with Crippen molar-refractivity contribution in [2.75, 3.05) is 19.8 Å². The van der Waals surface area contributed by atoms with Gasteiger partial charge in [0.1, 0.15) is 5.75 Å². The molecular formula is C64H90N4O5. The quantitative estimate of drug-likeness (QED) is 0.0418. The van der Waals surface area contributed by atoms with Crippen LogP contribution < -0.4 is 27.7 Å². The van der Waals surface area contributed by atoms with Crippen LogP contribution in [-0.2, 0) is 44.7 Å². The molecule has 0 heterocycles. The highest BCUT2D eigenvalue weighted by atomic mass is 16.5. The minimum Gasteiger partial charge on any atom is -0.493 e. The van der Waals surface area contributed by atoms with Crippen molar-refractivity contribution in [1.82, 2.24) is 0 Å². The van der Waals surface area contributed by atoms with Crippen molar-refractivity contribution in [3.05, 3.63) is 135 Å². The molecule has 8 N–H and O–H groups in total. The molecule has 0 saturated heterocycles. The fourth-order valence-electron chi connectivity index (χ4n) is 10.5. The zero-order chi connectivity index (χ0) is 53.0. The Bertz CT molecular complexity index is 2530. The maximum Gasteiger partial charge on any atom is 0.313 e. The third kappa shape index (κ3) is 16.0. The van der Waals surface area contributed by atoms with Gasteiger partial charge in [0.25, 0.3) is 0 Å². The molecule has 0 amide bonds. The molecular weight excluding hydrogens is 905 g/mol. The van der Waals surface area contributed by atoms with Crippen molar-refractivity contribution in [2.24, 2.45) is 33.8 Å². The van der Waals surface area contributed by atoms with Crippen LogP contribution in [0.1, 0.15) is 189 Å². The van der Waals surface area contributed by atoms with Crippen LogP contribution in [0, 0.1) is 10.8 Å². The van der Waals surface area contributed by atoms with Crippen LogP contribution >= 0.6 is 0 Å². The topological polar surface area (TPSA) is 166 Å². The summed E-state index contributed by atoms with van der Waals surface area (Å²) in [5.74, 6) is 0.628. The van der Waals surface area contributed by atoms with Gasteiger partial charge >= 0.3 is 11.9 Å². The van der Waals surface area contributed by atoms with Crippen molar-refractivity contribution in [3.8, 4) is 5.75 Å². The first-order chi connectivity index (χ1) is 34.6. The molecule has 2 aliphatic rings. The molecule has 0 fully saturated rings. The molecule has 0 aliphatic heterocycles. The van der Waals surface area contributed by atoms with Gasteiger partial charge in [-0.3, -0.25) is 9.59 Å². The minimum atomic E-state index is -0.852. The first-order valence-electron chi connectivity index (χ1n) is 27.5. The van der Waals surface area contributed by atoms with Crippen LogP contribution in [0.25, 0.3) is 23.3 Å². The fourth-order valence-corrected chi connectivity index (χ4v) is 10.5. The predicted molar refractivity (Wildman–Crippen MR) is 303 cm³/mol. The maximum absolute atomic E-state index is 13.1. The Balaban J connectivity index is 1.19.